The third-order valence-corrected chi connectivity index (χ3v) is 3.92. The number of benzene rings is 1. The second-order valence-electron chi connectivity index (χ2n) is 5.74. The van der Waals surface area contributed by atoms with Crippen molar-refractivity contribution < 1.29 is 19.8 Å². The summed E-state index contributed by atoms with van der Waals surface area (Å²) >= 11 is 0. The maximum absolute atomic E-state index is 12.7. The number of rotatable bonds is 5. The molecule has 4 N–H and O–H groups in total. The summed E-state index contributed by atoms with van der Waals surface area (Å²) in [5.41, 5.74) is 6.88. The van der Waals surface area contributed by atoms with Crippen LogP contribution in [0.1, 0.15) is 27.9 Å². The summed E-state index contributed by atoms with van der Waals surface area (Å²) in [6.45, 7) is 2.29. The number of amides is 2. The summed E-state index contributed by atoms with van der Waals surface area (Å²) < 4.78 is 0. The second-order valence-corrected chi connectivity index (χ2v) is 5.74. The van der Waals surface area contributed by atoms with E-state index in [1.165, 1.54) is 0 Å². The zero-order valence-electron chi connectivity index (χ0n) is 13.1. The van der Waals surface area contributed by atoms with E-state index in [1.807, 2.05) is 4.90 Å². The largest absolute Gasteiger partial charge is 0.392 e. The number of carbonyl (C=O) groups is 2. The smallest absolute Gasteiger partial charge is 0.253 e. The summed E-state index contributed by atoms with van der Waals surface area (Å²) in [4.78, 5) is 27.4. The van der Waals surface area contributed by atoms with Gasteiger partial charge < -0.3 is 20.8 Å². The molecule has 1 saturated heterocycles. The molecule has 1 aliphatic rings. The highest BCUT2D eigenvalue weighted by atomic mass is 16.3. The van der Waals surface area contributed by atoms with Gasteiger partial charge in [0.15, 0.2) is 0 Å². The van der Waals surface area contributed by atoms with Crippen LogP contribution in [0.5, 0.6) is 0 Å². The van der Waals surface area contributed by atoms with Crippen LogP contribution in [0.4, 0.5) is 0 Å². The Morgan fingerprint density at radius 3 is 2.22 bits per heavy atom. The van der Waals surface area contributed by atoms with Crippen LogP contribution < -0.4 is 5.73 Å². The van der Waals surface area contributed by atoms with E-state index in [9.17, 15) is 19.8 Å². The molecule has 0 bridgehead atoms. The Kier molecular flexibility index (Phi) is 6.09. The lowest BCUT2D eigenvalue weighted by Gasteiger charge is -2.22. The fourth-order valence-corrected chi connectivity index (χ4v) is 2.80. The second kappa shape index (κ2) is 8.05. The van der Waals surface area contributed by atoms with Gasteiger partial charge in [-0.2, -0.15) is 0 Å². The molecular formula is C16H23N3O4. The molecule has 1 aromatic carbocycles. The zero-order chi connectivity index (χ0) is 16.8. The number of aliphatic hydroxyl groups excluding tert-OH is 2. The van der Waals surface area contributed by atoms with Crippen molar-refractivity contribution in [3.05, 3.63) is 34.9 Å². The lowest BCUT2D eigenvalue weighted by Crippen LogP contribution is -2.38. The quantitative estimate of drug-likeness (QED) is 0.665. The summed E-state index contributed by atoms with van der Waals surface area (Å²) in [6, 6.07) is 4.97. The number of hydrogen-bond donors (Lipinski definition) is 3. The molecule has 0 radical (unpaired) electrons. The monoisotopic (exact) mass is 321 g/mol. The predicted molar refractivity (Wildman–Crippen MR) is 84.4 cm³/mol. The van der Waals surface area contributed by atoms with Gasteiger partial charge in [-0.1, -0.05) is 6.07 Å². The standard InChI is InChI=1S/C16H23N3O4/c17-15(22)9-18-2-1-3-19(5-4-18)16(23)14-7-12(10-20)6-13(8-14)11-21/h6-8,20-21H,1-5,9-11H2,(H2,17,22). The zero-order valence-corrected chi connectivity index (χ0v) is 13.1. The number of primary amides is 1. The molecule has 126 valence electrons. The maximum Gasteiger partial charge on any atom is 0.253 e. The number of nitrogens with two attached hydrogens (primary N) is 1. The van der Waals surface area contributed by atoms with Crippen LogP contribution in [0.3, 0.4) is 0 Å². The van der Waals surface area contributed by atoms with Crippen molar-refractivity contribution in [3.8, 4) is 0 Å². The minimum Gasteiger partial charge on any atom is -0.392 e. The molecule has 2 rings (SSSR count). The summed E-state index contributed by atoms with van der Waals surface area (Å²) in [6.07, 6.45) is 0.769. The fraction of sp³-hybridized carbons (Fsp3) is 0.500. The number of carbonyl (C=O) groups excluding carboxylic acids is 2. The molecule has 2 amide bonds. The van der Waals surface area contributed by atoms with Gasteiger partial charge in [0.25, 0.3) is 5.91 Å². The van der Waals surface area contributed by atoms with Crippen LogP contribution in [-0.4, -0.2) is 64.6 Å². The molecule has 0 aliphatic carbocycles. The third kappa shape index (κ3) is 4.75. The highest BCUT2D eigenvalue weighted by Gasteiger charge is 2.21. The first-order valence-electron chi connectivity index (χ1n) is 7.68. The van der Waals surface area contributed by atoms with Crippen LogP contribution in [0.25, 0.3) is 0 Å². The highest BCUT2D eigenvalue weighted by Crippen LogP contribution is 2.15. The molecule has 0 spiro atoms. The average Bonchev–Trinajstić information content (AvgIpc) is 2.78. The minimum absolute atomic E-state index is 0.129. The predicted octanol–water partition coefficient (Wildman–Crippen LogP) is -0.696. The van der Waals surface area contributed by atoms with E-state index in [-0.39, 0.29) is 31.6 Å². The number of aliphatic hydroxyl groups is 2. The lowest BCUT2D eigenvalue weighted by atomic mass is 10.1. The Morgan fingerprint density at radius 1 is 1.00 bits per heavy atom. The molecule has 0 atom stereocenters. The summed E-state index contributed by atoms with van der Waals surface area (Å²) in [5.74, 6) is -0.496. The molecule has 7 nitrogen and oxygen atoms in total. The average molecular weight is 321 g/mol. The van der Waals surface area contributed by atoms with E-state index in [0.717, 1.165) is 13.0 Å². The van der Waals surface area contributed by atoms with E-state index < -0.39 is 0 Å². The van der Waals surface area contributed by atoms with E-state index in [2.05, 4.69) is 0 Å². The van der Waals surface area contributed by atoms with Gasteiger partial charge >= 0.3 is 0 Å². The van der Waals surface area contributed by atoms with Crippen LogP contribution in [-0.2, 0) is 18.0 Å². The molecule has 0 saturated carbocycles. The molecule has 1 heterocycles. The highest BCUT2D eigenvalue weighted by molar-refractivity contribution is 5.94. The van der Waals surface area contributed by atoms with Crippen LogP contribution in [0, 0.1) is 0 Å². The molecule has 1 fully saturated rings. The molecular weight excluding hydrogens is 298 g/mol. The molecule has 1 aliphatic heterocycles. The van der Waals surface area contributed by atoms with Crippen molar-refractivity contribution in [3.63, 3.8) is 0 Å². The van der Waals surface area contributed by atoms with Gasteiger partial charge in [0.05, 0.1) is 19.8 Å². The summed E-state index contributed by atoms with van der Waals surface area (Å²) in [5, 5.41) is 18.6. The van der Waals surface area contributed by atoms with Gasteiger partial charge in [0, 0.05) is 31.7 Å². The Morgan fingerprint density at radius 2 is 1.65 bits per heavy atom. The van der Waals surface area contributed by atoms with Gasteiger partial charge in [-0.25, -0.2) is 0 Å². The Hall–Kier alpha value is -1.96. The van der Waals surface area contributed by atoms with Gasteiger partial charge in [-0.15, -0.1) is 0 Å². The van der Waals surface area contributed by atoms with Crippen molar-refractivity contribution in [2.45, 2.75) is 19.6 Å². The summed E-state index contributed by atoms with van der Waals surface area (Å²) in [7, 11) is 0. The van der Waals surface area contributed by atoms with Crippen molar-refractivity contribution in [2.75, 3.05) is 32.7 Å². The first-order valence-corrected chi connectivity index (χ1v) is 7.68. The third-order valence-electron chi connectivity index (χ3n) is 3.92. The van der Waals surface area contributed by atoms with Crippen molar-refractivity contribution in [1.82, 2.24) is 9.80 Å². The topological polar surface area (TPSA) is 107 Å². The van der Waals surface area contributed by atoms with E-state index >= 15 is 0 Å². The van der Waals surface area contributed by atoms with Gasteiger partial charge in [0.2, 0.25) is 5.91 Å². The minimum atomic E-state index is -0.368. The Bertz CT molecular complexity index is 554. The molecule has 0 unspecified atom stereocenters. The molecule has 1 aromatic rings. The van der Waals surface area contributed by atoms with Crippen LogP contribution in [0.15, 0.2) is 18.2 Å². The van der Waals surface area contributed by atoms with E-state index in [4.69, 9.17) is 5.73 Å². The van der Waals surface area contributed by atoms with Gasteiger partial charge in [-0.3, -0.25) is 14.5 Å². The molecule has 0 aromatic heterocycles. The normalized spacial score (nSPS) is 16.2. The van der Waals surface area contributed by atoms with Crippen LogP contribution >= 0.6 is 0 Å². The SMILES string of the molecule is NC(=O)CN1CCCN(C(=O)c2cc(CO)cc(CO)c2)CC1. The van der Waals surface area contributed by atoms with Crippen molar-refractivity contribution in [1.29, 1.82) is 0 Å². The van der Waals surface area contributed by atoms with Crippen LogP contribution in [0.2, 0.25) is 0 Å². The first kappa shape index (κ1) is 17.4. The molecule has 7 heteroatoms. The van der Waals surface area contributed by atoms with Gasteiger partial charge in [-0.05, 0) is 29.7 Å². The van der Waals surface area contributed by atoms with Crippen molar-refractivity contribution in [2.24, 2.45) is 5.73 Å². The van der Waals surface area contributed by atoms with E-state index in [0.29, 0.717) is 36.3 Å². The van der Waals surface area contributed by atoms with Crippen molar-refractivity contribution >= 4 is 11.8 Å². The Balaban J connectivity index is 2.09. The van der Waals surface area contributed by atoms with E-state index in [1.54, 1.807) is 23.1 Å². The maximum atomic E-state index is 12.7. The lowest BCUT2D eigenvalue weighted by molar-refractivity contribution is -0.119. The van der Waals surface area contributed by atoms with Gasteiger partial charge in [0.1, 0.15) is 0 Å². The first-order chi connectivity index (χ1) is 11.0. The molecule has 23 heavy (non-hydrogen) atoms. The Labute approximate surface area is 135 Å². The fourth-order valence-electron chi connectivity index (χ4n) is 2.80. The number of hydrogen-bond acceptors (Lipinski definition) is 5. The number of nitrogens with zero attached hydrogens (tertiary/aromatic N) is 2.